The topological polar surface area (TPSA) is 119 Å². The molecule has 33 heavy (non-hydrogen) atoms. The number of rotatable bonds is 2. The quantitative estimate of drug-likeness (QED) is 0.237. The lowest BCUT2D eigenvalue weighted by Crippen LogP contribution is -2.33. The second-order valence-electron chi connectivity index (χ2n) is 7.01. The minimum Gasteiger partial charge on any atom is -0.505 e. The fourth-order valence-electron chi connectivity index (χ4n) is 3.94. The first-order valence-electron chi connectivity index (χ1n) is 8.87. The Morgan fingerprint density at radius 3 is 2.18 bits per heavy atom. The molecule has 3 aromatic carbocycles. The van der Waals surface area contributed by atoms with Crippen LogP contribution in [0.3, 0.4) is 0 Å². The SMILES string of the molecule is O=C1OC2(c3ccccc31)c1cc(Br)c(O)c(Br)c1Oc1c2cc(Br)c(OS(=O)(=O)O)c1Br. The molecule has 2 heterocycles. The van der Waals surface area contributed by atoms with E-state index >= 15 is 0 Å². The minimum atomic E-state index is -4.87. The van der Waals surface area contributed by atoms with Crippen LogP contribution in [0.1, 0.15) is 27.0 Å². The molecule has 1 unspecified atom stereocenters. The number of hydrogen-bond donors (Lipinski definition) is 2. The van der Waals surface area contributed by atoms with Gasteiger partial charge < -0.3 is 18.8 Å². The molecule has 0 fully saturated rings. The smallest absolute Gasteiger partial charge is 0.446 e. The van der Waals surface area contributed by atoms with Crippen molar-refractivity contribution in [1.29, 1.82) is 0 Å². The Morgan fingerprint density at radius 2 is 1.52 bits per heavy atom. The summed E-state index contributed by atoms with van der Waals surface area (Å²) in [6.07, 6.45) is 0. The van der Waals surface area contributed by atoms with E-state index in [1.165, 1.54) is 6.07 Å². The number of halogens is 4. The van der Waals surface area contributed by atoms with Crippen LogP contribution in [-0.2, 0) is 20.7 Å². The first-order valence-corrected chi connectivity index (χ1v) is 13.4. The van der Waals surface area contributed by atoms with Gasteiger partial charge in [0.05, 0.1) is 25.6 Å². The first kappa shape index (κ1) is 23.1. The number of ether oxygens (including phenoxy) is 2. The zero-order chi connectivity index (χ0) is 23.9. The van der Waals surface area contributed by atoms with Crippen molar-refractivity contribution < 1.29 is 36.5 Å². The molecule has 8 nitrogen and oxygen atoms in total. The number of carbonyl (C=O) groups is 1. The summed E-state index contributed by atoms with van der Waals surface area (Å²) in [5.74, 6) is -0.836. The second-order valence-corrected chi connectivity index (χ2v) is 11.3. The standard InChI is InChI=1S/C20H8Br4O8S/c21-11-5-9-16(13(23)15(11)25)30-17-10(6-12(22)18(14(17)24)32-33(27,28)29)20(9)8-4-2-1-3-7(8)19(26)31-20/h1-6,25H,(H,27,28,29). The summed E-state index contributed by atoms with van der Waals surface area (Å²) < 4.78 is 49.5. The van der Waals surface area contributed by atoms with Gasteiger partial charge in [0.25, 0.3) is 0 Å². The molecule has 0 aliphatic carbocycles. The van der Waals surface area contributed by atoms with Crippen LogP contribution >= 0.6 is 63.7 Å². The van der Waals surface area contributed by atoms with Gasteiger partial charge in [0.1, 0.15) is 14.7 Å². The van der Waals surface area contributed by atoms with Crippen molar-refractivity contribution in [2.24, 2.45) is 0 Å². The van der Waals surface area contributed by atoms with Crippen molar-refractivity contribution in [3.8, 4) is 23.0 Å². The molecule has 2 aliphatic heterocycles. The molecule has 1 atom stereocenters. The molecule has 0 aromatic heterocycles. The van der Waals surface area contributed by atoms with Crippen molar-refractivity contribution in [3.63, 3.8) is 0 Å². The fraction of sp³-hybridized carbons (Fsp3) is 0.0500. The number of fused-ring (bicyclic) bond motifs is 6. The summed E-state index contributed by atoms with van der Waals surface area (Å²) in [6, 6.07) is 9.88. The Labute approximate surface area is 220 Å². The highest BCUT2D eigenvalue weighted by Gasteiger charge is 2.55. The Hall–Kier alpha value is -1.64. The molecule has 13 heteroatoms. The maximum atomic E-state index is 12.9. The highest BCUT2D eigenvalue weighted by atomic mass is 79.9. The summed E-state index contributed by atoms with van der Waals surface area (Å²) in [7, 11) is -4.87. The minimum absolute atomic E-state index is 0.0178. The molecular formula is C20H8Br4O8S. The number of phenolic OH excluding ortho intramolecular Hbond substituents is 1. The largest absolute Gasteiger partial charge is 0.505 e. The van der Waals surface area contributed by atoms with E-state index in [9.17, 15) is 22.9 Å². The van der Waals surface area contributed by atoms with Crippen LogP contribution < -0.4 is 8.92 Å². The number of carbonyl (C=O) groups excluding carboxylic acids is 1. The fourth-order valence-corrected chi connectivity index (χ4v) is 7.11. The van der Waals surface area contributed by atoms with Gasteiger partial charge in [0.2, 0.25) is 0 Å². The van der Waals surface area contributed by atoms with Crippen molar-refractivity contribution in [2.45, 2.75) is 5.60 Å². The van der Waals surface area contributed by atoms with E-state index in [-0.39, 0.29) is 36.4 Å². The van der Waals surface area contributed by atoms with Gasteiger partial charge in [0, 0.05) is 5.56 Å². The second kappa shape index (κ2) is 7.68. The van der Waals surface area contributed by atoms with E-state index in [0.717, 1.165) is 0 Å². The van der Waals surface area contributed by atoms with E-state index in [1.54, 1.807) is 30.3 Å². The molecular weight excluding hydrogens is 720 g/mol. The predicted octanol–water partition coefficient (Wildman–Crippen LogP) is 6.19. The molecule has 5 rings (SSSR count). The highest BCUT2D eigenvalue weighted by Crippen LogP contribution is 2.62. The van der Waals surface area contributed by atoms with E-state index in [1.807, 2.05) is 0 Å². The molecule has 0 radical (unpaired) electrons. The summed E-state index contributed by atoms with van der Waals surface area (Å²) in [6.45, 7) is 0. The van der Waals surface area contributed by atoms with Gasteiger partial charge >= 0.3 is 16.4 Å². The average molecular weight is 728 g/mol. The molecule has 0 bridgehead atoms. The van der Waals surface area contributed by atoms with Crippen molar-refractivity contribution >= 4 is 80.1 Å². The predicted molar refractivity (Wildman–Crippen MR) is 129 cm³/mol. The van der Waals surface area contributed by atoms with Crippen LogP contribution in [-0.4, -0.2) is 24.0 Å². The summed E-state index contributed by atoms with van der Waals surface area (Å²) >= 11 is 13.2. The van der Waals surface area contributed by atoms with E-state index in [4.69, 9.17) is 13.7 Å². The number of benzene rings is 3. The number of phenols is 1. The maximum Gasteiger partial charge on any atom is 0.446 e. The lowest BCUT2D eigenvalue weighted by atomic mass is 9.77. The molecule has 170 valence electrons. The van der Waals surface area contributed by atoms with Crippen LogP contribution in [0.15, 0.2) is 54.3 Å². The van der Waals surface area contributed by atoms with Crippen molar-refractivity contribution in [2.75, 3.05) is 0 Å². The zero-order valence-corrected chi connectivity index (χ0v) is 22.9. The van der Waals surface area contributed by atoms with Crippen molar-refractivity contribution in [1.82, 2.24) is 0 Å². The summed E-state index contributed by atoms with van der Waals surface area (Å²) in [5.41, 5.74) is 0.109. The van der Waals surface area contributed by atoms with Gasteiger partial charge in [-0.3, -0.25) is 4.55 Å². The molecule has 0 amide bonds. The monoisotopic (exact) mass is 724 g/mol. The summed E-state index contributed by atoms with van der Waals surface area (Å²) in [4.78, 5) is 12.9. The molecule has 2 N–H and O–H groups in total. The summed E-state index contributed by atoms with van der Waals surface area (Å²) in [5, 5.41) is 10.5. The van der Waals surface area contributed by atoms with Gasteiger partial charge in [-0.25, -0.2) is 4.79 Å². The average Bonchev–Trinajstić information content (AvgIpc) is 3.04. The van der Waals surface area contributed by atoms with Crippen LogP contribution in [0, 0.1) is 0 Å². The van der Waals surface area contributed by atoms with Gasteiger partial charge in [-0.1, -0.05) is 18.2 Å². The lowest BCUT2D eigenvalue weighted by molar-refractivity contribution is 0.0223. The van der Waals surface area contributed by atoms with Crippen LogP contribution in [0.5, 0.6) is 23.0 Å². The molecule has 2 aliphatic rings. The number of esters is 1. The molecule has 0 saturated heterocycles. The van der Waals surface area contributed by atoms with Crippen molar-refractivity contribution in [3.05, 3.63) is 76.5 Å². The van der Waals surface area contributed by atoms with Crippen LogP contribution in [0.4, 0.5) is 0 Å². The van der Waals surface area contributed by atoms with Gasteiger partial charge in [-0.05, 0) is 81.9 Å². The third-order valence-corrected chi connectivity index (χ3v) is 8.23. The van der Waals surface area contributed by atoms with Gasteiger partial charge in [0.15, 0.2) is 22.8 Å². The molecule has 0 saturated carbocycles. The van der Waals surface area contributed by atoms with Crippen LogP contribution in [0.25, 0.3) is 0 Å². The number of aromatic hydroxyl groups is 1. The Bertz CT molecular complexity index is 1500. The van der Waals surface area contributed by atoms with Gasteiger partial charge in [-0.2, -0.15) is 8.42 Å². The van der Waals surface area contributed by atoms with E-state index in [0.29, 0.717) is 26.7 Å². The Morgan fingerprint density at radius 1 is 0.909 bits per heavy atom. The number of hydrogen-bond acceptors (Lipinski definition) is 7. The van der Waals surface area contributed by atoms with Gasteiger partial charge in [-0.15, -0.1) is 0 Å². The zero-order valence-electron chi connectivity index (χ0n) is 15.7. The lowest BCUT2D eigenvalue weighted by Gasteiger charge is -2.38. The van der Waals surface area contributed by atoms with E-state index < -0.39 is 22.0 Å². The highest BCUT2D eigenvalue weighted by molar-refractivity contribution is 9.11. The molecule has 1 spiro atoms. The Balaban J connectivity index is 1.93. The van der Waals surface area contributed by atoms with E-state index in [2.05, 4.69) is 63.7 Å². The normalized spacial score (nSPS) is 18.3. The Kier molecular flexibility index (Phi) is 5.38. The maximum absolute atomic E-state index is 12.9. The third kappa shape index (κ3) is 3.35. The molecule has 3 aromatic rings. The third-order valence-electron chi connectivity index (χ3n) is 5.20. The first-order chi connectivity index (χ1) is 15.5. The van der Waals surface area contributed by atoms with Crippen LogP contribution in [0.2, 0.25) is 0 Å².